The van der Waals surface area contributed by atoms with Crippen molar-refractivity contribution in [3.8, 4) is 0 Å². The third-order valence-corrected chi connectivity index (χ3v) is 11.4. The van der Waals surface area contributed by atoms with E-state index < -0.39 is 47.3 Å². The summed E-state index contributed by atoms with van der Waals surface area (Å²) >= 11 is 0. The first-order valence-corrected chi connectivity index (χ1v) is 15.1. The number of carbonyl (C=O) groups is 2. The van der Waals surface area contributed by atoms with Crippen LogP contribution in [0, 0.1) is 28.6 Å². The van der Waals surface area contributed by atoms with E-state index in [0.29, 0.717) is 19.4 Å². The molecule has 2 aromatic rings. The number of aromatic nitrogens is 1. The second-order valence-electron chi connectivity index (χ2n) is 13.4. The Morgan fingerprint density at radius 3 is 2.74 bits per heavy atom. The number of allylic oxidation sites excluding steroid dienone is 4. The van der Waals surface area contributed by atoms with Crippen molar-refractivity contribution in [1.82, 2.24) is 4.57 Å². The van der Waals surface area contributed by atoms with E-state index in [-0.39, 0.29) is 30.1 Å². The van der Waals surface area contributed by atoms with E-state index in [0.717, 1.165) is 35.2 Å². The van der Waals surface area contributed by atoms with E-state index in [9.17, 15) is 24.9 Å². The molecule has 3 saturated carbocycles. The highest BCUT2D eigenvalue weighted by molar-refractivity contribution is 6.01. The SMILES string of the molecule is C[C@]12C=CC(=O)C=C1CC[C@@H]1[C@@H]2[C@@H](O)C[C@@]2(C)[C@H]1C[C@H]1O[C@@H](c3cccn3Cc3cccc(CO)c3)O[C@]12C(=O)CO. The van der Waals surface area contributed by atoms with Crippen molar-refractivity contribution in [2.75, 3.05) is 6.61 Å². The first kappa shape index (κ1) is 27.9. The summed E-state index contributed by atoms with van der Waals surface area (Å²) < 4.78 is 15.4. The Labute approximate surface area is 245 Å². The fourth-order valence-corrected chi connectivity index (χ4v) is 9.63. The van der Waals surface area contributed by atoms with Gasteiger partial charge in [0.25, 0.3) is 0 Å². The van der Waals surface area contributed by atoms with E-state index in [1.54, 1.807) is 12.2 Å². The van der Waals surface area contributed by atoms with Crippen molar-refractivity contribution in [2.45, 2.75) is 76.8 Å². The summed E-state index contributed by atoms with van der Waals surface area (Å²) in [6.45, 7) is 4.01. The number of benzene rings is 1. The molecule has 3 N–H and O–H groups in total. The largest absolute Gasteiger partial charge is 0.393 e. The minimum atomic E-state index is -1.38. The van der Waals surface area contributed by atoms with Crippen LogP contribution in [0.2, 0.25) is 0 Å². The maximum absolute atomic E-state index is 13.8. The van der Waals surface area contributed by atoms with Crippen LogP contribution in [-0.2, 0) is 32.2 Å². The standard InChI is InChI=1S/C34H39NO7/c1-32-11-10-23(38)14-22(32)8-9-24-25-15-29-34(28(40)19-37,33(25,2)16-27(39)30(24)32)42-31(41-29)26-7-4-12-35(26)17-20-5-3-6-21(13-20)18-36/h3-7,10-14,24-25,27,29-31,36-37,39H,8-9,15-19H2,1-2H3/t24-,25-,27-,29+,30+,31+,32-,33-,34+/m0/s1. The van der Waals surface area contributed by atoms with Crippen molar-refractivity contribution in [2.24, 2.45) is 28.6 Å². The fraction of sp³-hybridized carbons (Fsp3) is 0.529. The molecule has 1 aromatic heterocycles. The molecule has 0 radical (unpaired) electrons. The zero-order chi connectivity index (χ0) is 29.4. The first-order chi connectivity index (χ1) is 20.1. The van der Waals surface area contributed by atoms with Crippen LogP contribution < -0.4 is 0 Å². The number of aliphatic hydroxyl groups excluding tert-OH is 3. The van der Waals surface area contributed by atoms with E-state index in [1.807, 2.05) is 60.2 Å². The van der Waals surface area contributed by atoms with Crippen molar-refractivity contribution >= 4 is 11.6 Å². The second kappa shape index (κ2) is 9.82. The average Bonchev–Trinajstić information content (AvgIpc) is 3.65. The van der Waals surface area contributed by atoms with Crippen molar-refractivity contribution < 1.29 is 34.4 Å². The monoisotopic (exact) mass is 573 g/mol. The predicted molar refractivity (Wildman–Crippen MR) is 153 cm³/mol. The van der Waals surface area contributed by atoms with Gasteiger partial charge in [-0.25, -0.2) is 0 Å². The number of aliphatic hydroxyl groups is 3. The number of hydrogen-bond acceptors (Lipinski definition) is 7. The smallest absolute Gasteiger partial charge is 0.200 e. The van der Waals surface area contributed by atoms with Crippen LogP contribution in [-0.4, -0.2) is 55.9 Å². The van der Waals surface area contributed by atoms with Crippen molar-refractivity contribution in [3.63, 3.8) is 0 Å². The van der Waals surface area contributed by atoms with Gasteiger partial charge in [0.2, 0.25) is 6.29 Å². The Morgan fingerprint density at radius 2 is 1.95 bits per heavy atom. The van der Waals surface area contributed by atoms with Crippen LogP contribution in [0.15, 0.2) is 66.4 Å². The van der Waals surface area contributed by atoms with E-state index in [1.165, 1.54) is 0 Å². The summed E-state index contributed by atoms with van der Waals surface area (Å²) in [6, 6.07) is 11.6. The van der Waals surface area contributed by atoms with E-state index in [4.69, 9.17) is 9.47 Å². The third-order valence-electron chi connectivity index (χ3n) is 11.4. The van der Waals surface area contributed by atoms with E-state index >= 15 is 0 Å². The normalized spacial score (nSPS) is 40.2. The molecule has 4 fully saturated rings. The van der Waals surface area contributed by atoms with Gasteiger partial charge in [-0.3, -0.25) is 9.59 Å². The fourth-order valence-electron chi connectivity index (χ4n) is 9.63. The highest BCUT2D eigenvalue weighted by atomic mass is 16.7. The summed E-state index contributed by atoms with van der Waals surface area (Å²) in [5.41, 5.74) is 1.16. The van der Waals surface area contributed by atoms with Crippen LogP contribution in [0.5, 0.6) is 0 Å². The number of Topliss-reactive ketones (excluding diaryl/α,β-unsaturated/α-hetero) is 1. The first-order valence-electron chi connectivity index (χ1n) is 15.1. The molecule has 1 saturated heterocycles. The summed E-state index contributed by atoms with van der Waals surface area (Å²) in [4.78, 5) is 26.0. The number of nitrogens with zero attached hydrogens (tertiary/aromatic N) is 1. The number of ether oxygens (including phenoxy) is 2. The molecule has 1 aliphatic heterocycles. The molecule has 5 aliphatic rings. The maximum Gasteiger partial charge on any atom is 0.200 e. The topological polar surface area (TPSA) is 118 Å². The number of rotatable bonds is 6. The Morgan fingerprint density at radius 1 is 1.14 bits per heavy atom. The lowest BCUT2D eigenvalue weighted by Crippen LogP contribution is -2.63. The lowest BCUT2D eigenvalue weighted by molar-refractivity contribution is -0.202. The van der Waals surface area contributed by atoms with Crippen LogP contribution in [0.1, 0.15) is 62.6 Å². The molecule has 42 heavy (non-hydrogen) atoms. The number of ketones is 2. The van der Waals surface area contributed by atoms with Gasteiger partial charge < -0.3 is 29.4 Å². The highest BCUT2D eigenvalue weighted by Crippen LogP contribution is 2.70. The van der Waals surface area contributed by atoms with Gasteiger partial charge in [-0.2, -0.15) is 0 Å². The van der Waals surface area contributed by atoms with Gasteiger partial charge in [-0.05, 0) is 72.9 Å². The van der Waals surface area contributed by atoms with Gasteiger partial charge >= 0.3 is 0 Å². The number of carbonyl (C=O) groups excluding carboxylic acids is 2. The Kier molecular flexibility index (Phi) is 6.53. The molecule has 222 valence electrons. The second-order valence-corrected chi connectivity index (χ2v) is 13.4. The summed E-state index contributed by atoms with van der Waals surface area (Å²) in [7, 11) is 0. The molecule has 1 aromatic carbocycles. The van der Waals surface area contributed by atoms with Gasteiger partial charge in [-0.1, -0.05) is 49.8 Å². The predicted octanol–water partition coefficient (Wildman–Crippen LogP) is 3.63. The molecule has 9 atom stereocenters. The van der Waals surface area contributed by atoms with Gasteiger partial charge in [0.15, 0.2) is 17.2 Å². The van der Waals surface area contributed by atoms with Crippen LogP contribution in [0.4, 0.5) is 0 Å². The molecule has 0 unspecified atom stereocenters. The van der Waals surface area contributed by atoms with Crippen LogP contribution in [0.25, 0.3) is 0 Å². The van der Waals surface area contributed by atoms with Crippen LogP contribution in [0.3, 0.4) is 0 Å². The zero-order valence-corrected chi connectivity index (χ0v) is 24.1. The minimum Gasteiger partial charge on any atom is -0.393 e. The van der Waals surface area contributed by atoms with E-state index in [2.05, 4.69) is 6.92 Å². The van der Waals surface area contributed by atoms with Crippen molar-refractivity contribution in [3.05, 3.63) is 83.2 Å². The van der Waals surface area contributed by atoms with Gasteiger partial charge in [0, 0.05) is 29.5 Å². The molecule has 0 amide bonds. The van der Waals surface area contributed by atoms with Crippen LogP contribution >= 0.6 is 0 Å². The third kappa shape index (κ3) is 3.78. The number of hydrogen-bond donors (Lipinski definition) is 3. The van der Waals surface area contributed by atoms with Gasteiger partial charge in [-0.15, -0.1) is 0 Å². The quantitative estimate of drug-likeness (QED) is 0.483. The molecule has 2 heterocycles. The molecule has 4 aliphatic carbocycles. The lowest BCUT2D eigenvalue weighted by Gasteiger charge is -2.59. The molecule has 0 spiro atoms. The Balaban J connectivity index is 1.22. The summed E-state index contributed by atoms with van der Waals surface area (Å²) in [5.74, 6) is -0.323. The zero-order valence-electron chi connectivity index (χ0n) is 24.1. The Bertz CT molecular complexity index is 1490. The molecular weight excluding hydrogens is 534 g/mol. The molecule has 8 nitrogen and oxygen atoms in total. The van der Waals surface area contributed by atoms with Crippen molar-refractivity contribution in [1.29, 1.82) is 0 Å². The Hall–Kier alpha value is -2.88. The molecular formula is C34H39NO7. The molecule has 7 rings (SSSR count). The van der Waals surface area contributed by atoms with Gasteiger partial charge in [0.05, 0.1) is 24.5 Å². The minimum absolute atomic E-state index is 0.00218. The average molecular weight is 574 g/mol. The molecule has 8 heteroatoms. The molecule has 0 bridgehead atoms. The summed E-state index contributed by atoms with van der Waals surface area (Å²) in [5, 5.41) is 31.7. The lowest BCUT2D eigenvalue weighted by atomic mass is 9.46. The highest BCUT2D eigenvalue weighted by Gasteiger charge is 2.76. The van der Waals surface area contributed by atoms with Gasteiger partial charge in [0.1, 0.15) is 6.61 Å². The summed E-state index contributed by atoms with van der Waals surface area (Å²) in [6.07, 6.45) is 7.74. The number of fused-ring (bicyclic) bond motifs is 7. The maximum atomic E-state index is 13.8.